The molecule has 2 heterocycles. The van der Waals surface area contributed by atoms with Gasteiger partial charge in [-0.1, -0.05) is 19.3 Å². The number of hydrogen-bond acceptors (Lipinski definition) is 4. The lowest BCUT2D eigenvalue weighted by Gasteiger charge is -2.31. The highest BCUT2D eigenvalue weighted by atomic mass is 16.1. The number of nitrogens with one attached hydrogen (secondary N) is 2. The molecule has 0 bridgehead atoms. The van der Waals surface area contributed by atoms with Gasteiger partial charge in [0.2, 0.25) is 0 Å². The van der Waals surface area contributed by atoms with Crippen molar-refractivity contribution in [2.24, 2.45) is 5.92 Å². The van der Waals surface area contributed by atoms with E-state index in [1.165, 1.54) is 51.3 Å². The zero-order chi connectivity index (χ0) is 13.8. The maximum atomic E-state index is 11.8. The molecule has 1 amide bonds. The van der Waals surface area contributed by atoms with Crippen LogP contribution in [-0.4, -0.2) is 51.9 Å². The largest absolute Gasteiger partial charge is 0.350 e. The lowest BCUT2D eigenvalue weighted by molar-refractivity contribution is 0.0941. The molecule has 2 fully saturated rings. The minimum absolute atomic E-state index is 0.130. The van der Waals surface area contributed by atoms with Crippen LogP contribution < -0.4 is 5.32 Å². The van der Waals surface area contributed by atoms with Crippen LogP contribution in [0.2, 0.25) is 0 Å². The van der Waals surface area contributed by atoms with Crippen LogP contribution in [0.15, 0.2) is 6.20 Å². The van der Waals surface area contributed by atoms with Crippen LogP contribution in [0.3, 0.4) is 0 Å². The van der Waals surface area contributed by atoms with Crippen molar-refractivity contribution < 1.29 is 4.79 Å². The zero-order valence-corrected chi connectivity index (χ0v) is 11.8. The summed E-state index contributed by atoms with van der Waals surface area (Å²) in [6.07, 6.45) is 9.54. The molecule has 3 rings (SSSR count). The third kappa shape index (κ3) is 3.17. The van der Waals surface area contributed by atoms with Crippen molar-refractivity contribution in [1.82, 2.24) is 25.6 Å². The summed E-state index contributed by atoms with van der Waals surface area (Å²) in [4.78, 5) is 14.4. The molecule has 6 nitrogen and oxygen atoms in total. The number of carbonyl (C=O) groups excluding carboxylic acids is 1. The molecule has 1 aromatic rings. The summed E-state index contributed by atoms with van der Waals surface area (Å²) >= 11 is 0. The molecule has 20 heavy (non-hydrogen) atoms. The van der Waals surface area contributed by atoms with E-state index in [2.05, 4.69) is 25.6 Å². The highest BCUT2D eigenvalue weighted by Gasteiger charge is 2.29. The Labute approximate surface area is 119 Å². The molecule has 0 unspecified atom stereocenters. The second kappa shape index (κ2) is 6.35. The molecule has 0 aromatic carbocycles. The van der Waals surface area contributed by atoms with Gasteiger partial charge in [0.25, 0.3) is 5.91 Å². The van der Waals surface area contributed by atoms with Crippen molar-refractivity contribution in [2.45, 2.75) is 44.6 Å². The van der Waals surface area contributed by atoms with Crippen LogP contribution in [0.4, 0.5) is 0 Å². The third-order valence-electron chi connectivity index (χ3n) is 4.61. The minimum atomic E-state index is -0.130. The molecule has 0 radical (unpaired) electrons. The Kier molecular flexibility index (Phi) is 4.30. The van der Waals surface area contributed by atoms with Crippen LogP contribution in [-0.2, 0) is 0 Å². The van der Waals surface area contributed by atoms with E-state index in [1.54, 1.807) is 0 Å². The maximum Gasteiger partial charge on any atom is 0.273 e. The van der Waals surface area contributed by atoms with Gasteiger partial charge in [-0.3, -0.25) is 4.79 Å². The zero-order valence-electron chi connectivity index (χ0n) is 11.8. The lowest BCUT2D eigenvalue weighted by Crippen LogP contribution is -2.36. The average Bonchev–Trinajstić information content (AvgIpc) is 3.17. The highest BCUT2D eigenvalue weighted by molar-refractivity contribution is 5.91. The van der Waals surface area contributed by atoms with Crippen LogP contribution in [0, 0.1) is 5.92 Å². The third-order valence-corrected chi connectivity index (χ3v) is 4.61. The number of rotatable bonds is 4. The van der Waals surface area contributed by atoms with Gasteiger partial charge in [-0.25, -0.2) is 0 Å². The molecule has 1 aliphatic heterocycles. The quantitative estimate of drug-likeness (QED) is 0.867. The van der Waals surface area contributed by atoms with E-state index in [-0.39, 0.29) is 5.91 Å². The first-order chi connectivity index (χ1) is 9.83. The number of aromatic amines is 1. The lowest BCUT2D eigenvalue weighted by atomic mass is 9.94. The summed E-state index contributed by atoms with van der Waals surface area (Å²) < 4.78 is 0. The first-order valence-electron chi connectivity index (χ1n) is 7.71. The fourth-order valence-corrected chi connectivity index (χ4v) is 3.45. The Morgan fingerprint density at radius 2 is 2.20 bits per heavy atom. The van der Waals surface area contributed by atoms with Gasteiger partial charge >= 0.3 is 0 Å². The Morgan fingerprint density at radius 3 is 2.95 bits per heavy atom. The molecule has 1 aromatic heterocycles. The van der Waals surface area contributed by atoms with Crippen molar-refractivity contribution in [3.8, 4) is 0 Å². The van der Waals surface area contributed by atoms with E-state index in [4.69, 9.17) is 0 Å². The van der Waals surface area contributed by atoms with Gasteiger partial charge in [0.15, 0.2) is 5.69 Å². The fraction of sp³-hybridized carbons (Fsp3) is 0.786. The van der Waals surface area contributed by atoms with Gasteiger partial charge in [0.05, 0.1) is 6.20 Å². The van der Waals surface area contributed by atoms with Crippen molar-refractivity contribution in [2.75, 3.05) is 19.6 Å². The van der Waals surface area contributed by atoms with Gasteiger partial charge in [-0.05, 0) is 31.7 Å². The molecule has 110 valence electrons. The van der Waals surface area contributed by atoms with E-state index in [0.717, 1.165) is 19.1 Å². The topological polar surface area (TPSA) is 73.9 Å². The SMILES string of the molecule is O=C(NC[C@@H]1CCN(C2CCCCC2)C1)c1cn[nH]n1. The van der Waals surface area contributed by atoms with E-state index in [0.29, 0.717) is 11.6 Å². The van der Waals surface area contributed by atoms with Gasteiger partial charge in [0, 0.05) is 19.1 Å². The number of likely N-dealkylation sites (tertiary alicyclic amines) is 1. The standard InChI is InChI=1S/C14H23N5O/c20-14(13-9-16-18-17-13)15-8-11-6-7-19(10-11)12-4-2-1-3-5-12/h9,11-12H,1-8,10H2,(H,15,20)(H,16,17,18)/t11-/m0/s1. The summed E-state index contributed by atoms with van der Waals surface area (Å²) in [5.74, 6) is 0.447. The normalized spacial score (nSPS) is 24.9. The molecular formula is C14H23N5O. The predicted molar refractivity (Wildman–Crippen MR) is 75.3 cm³/mol. The summed E-state index contributed by atoms with van der Waals surface area (Å²) in [5, 5.41) is 12.9. The smallest absolute Gasteiger partial charge is 0.273 e. The fourth-order valence-electron chi connectivity index (χ4n) is 3.45. The predicted octanol–water partition coefficient (Wildman–Crippen LogP) is 1.19. The minimum Gasteiger partial charge on any atom is -0.350 e. The molecule has 2 aliphatic rings. The van der Waals surface area contributed by atoms with Crippen LogP contribution in [0.1, 0.15) is 49.0 Å². The molecule has 1 aliphatic carbocycles. The summed E-state index contributed by atoms with van der Waals surface area (Å²) in [6, 6.07) is 0.792. The molecule has 1 saturated carbocycles. The second-order valence-electron chi connectivity index (χ2n) is 6.01. The van der Waals surface area contributed by atoms with Crippen molar-refractivity contribution in [3.05, 3.63) is 11.9 Å². The first-order valence-corrected chi connectivity index (χ1v) is 7.71. The number of nitrogens with zero attached hydrogens (tertiary/aromatic N) is 3. The van der Waals surface area contributed by atoms with E-state index in [1.807, 2.05) is 0 Å². The number of carbonyl (C=O) groups is 1. The average molecular weight is 277 g/mol. The van der Waals surface area contributed by atoms with Gasteiger partial charge in [-0.2, -0.15) is 15.4 Å². The number of aromatic nitrogens is 3. The highest BCUT2D eigenvalue weighted by Crippen LogP contribution is 2.27. The summed E-state index contributed by atoms with van der Waals surface area (Å²) in [5.41, 5.74) is 0.368. The van der Waals surface area contributed by atoms with E-state index in [9.17, 15) is 4.79 Å². The molecule has 1 atom stereocenters. The maximum absolute atomic E-state index is 11.8. The first kappa shape index (κ1) is 13.5. The Balaban J connectivity index is 1.42. The van der Waals surface area contributed by atoms with Crippen molar-refractivity contribution in [1.29, 1.82) is 0 Å². The molecule has 6 heteroatoms. The van der Waals surface area contributed by atoms with Crippen LogP contribution in [0.5, 0.6) is 0 Å². The van der Waals surface area contributed by atoms with E-state index < -0.39 is 0 Å². The van der Waals surface area contributed by atoms with Gasteiger partial charge in [0.1, 0.15) is 0 Å². The summed E-state index contributed by atoms with van der Waals surface area (Å²) in [7, 11) is 0. The van der Waals surface area contributed by atoms with E-state index >= 15 is 0 Å². The van der Waals surface area contributed by atoms with Gasteiger partial charge in [-0.15, -0.1) is 0 Å². The van der Waals surface area contributed by atoms with Crippen LogP contribution in [0.25, 0.3) is 0 Å². The monoisotopic (exact) mass is 277 g/mol. The number of amides is 1. The Hall–Kier alpha value is -1.43. The number of H-pyrrole nitrogens is 1. The molecule has 2 N–H and O–H groups in total. The Bertz CT molecular complexity index is 427. The molecular weight excluding hydrogens is 254 g/mol. The summed E-state index contributed by atoms with van der Waals surface area (Å²) in [6.45, 7) is 3.06. The van der Waals surface area contributed by atoms with Crippen LogP contribution >= 0.6 is 0 Å². The molecule has 0 spiro atoms. The van der Waals surface area contributed by atoms with Crippen molar-refractivity contribution in [3.63, 3.8) is 0 Å². The van der Waals surface area contributed by atoms with Gasteiger partial charge < -0.3 is 10.2 Å². The Morgan fingerprint density at radius 1 is 1.35 bits per heavy atom. The number of hydrogen-bond donors (Lipinski definition) is 2. The molecule has 1 saturated heterocycles. The van der Waals surface area contributed by atoms with Crippen molar-refractivity contribution >= 4 is 5.91 Å². The second-order valence-corrected chi connectivity index (χ2v) is 6.01.